The van der Waals surface area contributed by atoms with Crippen molar-refractivity contribution < 1.29 is 9.90 Å². The fourth-order valence-electron chi connectivity index (χ4n) is 0.985. The Morgan fingerprint density at radius 2 is 2.00 bits per heavy atom. The third kappa shape index (κ3) is 9.30. The van der Waals surface area contributed by atoms with Crippen molar-refractivity contribution in [2.75, 3.05) is 33.8 Å². The predicted octanol–water partition coefficient (Wildman–Crippen LogP) is -0.173. The van der Waals surface area contributed by atoms with E-state index in [1.54, 1.807) is 0 Å². The van der Waals surface area contributed by atoms with Gasteiger partial charge in [0.1, 0.15) is 0 Å². The maximum absolute atomic E-state index is 11.1. The van der Waals surface area contributed by atoms with E-state index >= 15 is 0 Å². The van der Waals surface area contributed by atoms with Gasteiger partial charge in [0, 0.05) is 13.2 Å². The number of nitrogens with zero attached hydrogens (tertiary/aromatic N) is 1. The van der Waals surface area contributed by atoms with Crippen LogP contribution in [0, 0.1) is 0 Å². The first-order valence-corrected chi connectivity index (χ1v) is 4.69. The molecule has 0 rings (SSSR count). The van der Waals surface area contributed by atoms with Crippen LogP contribution in [0.1, 0.15) is 19.3 Å². The predicted molar refractivity (Wildman–Crippen MR) is 52.5 cm³/mol. The Balaban J connectivity index is 3.17. The number of hydrogen-bond acceptors (Lipinski definition) is 3. The first kappa shape index (κ1) is 12.4. The van der Waals surface area contributed by atoms with Crippen LogP contribution in [-0.4, -0.2) is 49.7 Å². The topological polar surface area (TPSA) is 52.6 Å². The Morgan fingerprint density at radius 3 is 2.54 bits per heavy atom. The van der Waals surface area contributed by atoms with Crippen molar-refractivity contribution in [2.45, 2.75) is 19.3 Å². The van der Waals surface area contributed by atoms with Crippen molar-refractivity contribution in [3.05, 3.63) is 0 Å². The molecule has 0 aromatic carbocycles. The Hall–Kier alpha value is -0.610. The van der Waals surface area contributed by atoms with Gasteiger partial charge in [-0.05, 0) is 33.4 Å². The fourth-order valence-corrected chi connectivity index (χ4v) is 0.985. The fraction of sp³-hybridized carbons (Fsp3) is 0.889. The summed E-state index contributed by atoms with van der Waals surface area (Å²) in [6.45, 7) is 1.40. The van der Waals surface area contributed by atoms with E-state index in [1.165, 1.54) is 0 Å². The molecule has 1 amide bonds. The zero-order chi connectivity index (χ0) is 10.1. The lowest BCUT2D eigenvalue weighted by molar-refractivity contribution is -0.121. The number of amides is 1. The maximum Gasteiger partial charge on any atom is 0.234 e. The SMILES string of the molecule is CN(C)CC(=O)NCCCCCO. The molecule has 0 heterocycles. The molecular formula is C9H20N2O2. The van der Waals surface area contributed by atoms with Crippen LogP contribution in [0.4, 0.5) is 0 Å². The lowest BCUT2D eigenvalue weighted by atomic mass is 10.2. The van der Waals surface area contributed by atoms with Gasteiger partial charge in [-0.2, -0.15) is 0 Å². The second-order valence-corrected chi connectivity index (χ2v) is 3.37. The van der Waals surface area contributed by atoms with Gasteiger partial charge in [-0.15, -0.1) is 0 Å². The van der Waals surface area contributed by atoms with E-state index in [2.05, 4.69) is 5.32 Å². The van der Waals surface area contributed by atoms with Gasteiger partial charge < -0.3 is 15.3 Å². The van der Waals surface area contributed by atoms with Crippen LogP contribution in [0.5, 0.6) is 0 Å². The summed E-state index contributed by atoms with van der Waals surface area (Å²) in [4.78, 5) is 12.9. The van der Waals surface area contributed by atoms with Crippen LogP contribution < -0.4 is 5.32 Å². The minimum absolute atomic E-state index is 0.0639. The summed E-state index contributed by atoms with van der Waals surface area (Å²) in [5.74, 6) is 0.0639. The van der Waals surface area contributed by atoms with E-state index < -0.39 is 0 Å². The minimum Gasteiger partial charge on any atom is -0.396 e. The van der Waals surface area contributed by atoms with Gasteiger partial charge in [0.05, 0.1) is 6.54 Å². The zero-order valence-corrected chi connectivity index (χ0v) is 8.55. The molecule has 2 N–H and O–H groups in total. The second kappa shape index (κ2) is 8.01. The Kier molecular flexibility index (Phi) is 7.63. The van der Waals surface area contributed by atoms with E-state index in [0.717, 1.165) is 19.3 Å². The number of aliphatic hydroxyl groups is 1. The lowest BCUT2D eigenvalue weighted by Gasteiger charge is -2.09. The molecule has 0 atom stereocenters. The Morgan fingerprint density at radius 1 is 1.31 bits per heavy atom. The maximum atomic E-state index is 11.1. The van der Waals surface area contributed by atoms with Crippen LogP contribution in [0.2, 0.25) is 0 Å². The molecule has 0 unspecified atom stereocenters. The molecule has 78 valence electrons. The third-order valence-electron chi connectivity index (χ3n) is 1.62. The molecule has 0 aliphatic carbocycles. The molecule has 0 saturated heterocycles. The van der Waals surface area contributed by atoms with Gasteiger partial charge >= 0.3 is 0 Å². The number of rotatable bonds is 7. The highest BCUT2D eigenvalue weighted by atomic mass is 16.2. The van der Waals surface area contributed by atoms with Crippen LogP contribution in [0.25, 0.3) is 0 Å². The number of hydrogen-bond donors (Lipinski definition) is 2. The van der Waals surface area contributed by atoms with E-state index in [-0.39, 0.29) is 12.5 Å². The quantitative estimate of drug-likeness (QED) is 0.545. The van der Waals surface area contributed by atoms with Crippen molar-refractivity contribution in [3.8, 4) is 0 Å². The molecular weight excluding hydrogens is 168 g/mol. The molecule has 4 heteroatoms. The monoisotopic (exact) mass is 188 g/mol. The Labute approximate surface area is 79.9 Å². The first-order valence-electron chi connectivity index (χ1n) is 4.69. The largest absolute Gasteiger partial charge is 0.396 e. The molecule has 0 fully saturated rings. The summed E-state index contributed by atoms with van der Waals surface area (Å²) < 4.78 is 0. The molecule has 0 aliphatic rings. The van der Waals surface area contributed by atoms with E-state index in [0.29, 0.717) is 13.1 Å². The average molecular weight is 188 g/mol. The second-order valence-electron chi connectivity index (χ2n) is 3.37. The summed E-state index contributed by atoms with van der Waals surface area (Å²) >= 11 is 0. The summed E-state index contributed by atoms with van der Waals surface area (Å²) in [7, 11) is 3.73. The van der Waals surface area contributed by atoms with Crippen molar-refractivity contribution in [2.24, 2.45) is 0 Å². The van der Waals surface area contributed by atoms with Crippen LogP contribution in [0.15, 0.2) is 0 Å². The average Bonchev–Trinajstić information content (AvgIpc) is 2.02. The lowest BCUT2D eigenvalue weighted by Crippen LogP contribution is -2.33. The van der Waals surface area contributed by atoms with E-state index in [1.807, 2.05) is 19.0 Å². The van der Waals surface area contributed by atoms with E-state index in [4.69, 9.17) is 5.11 Å². The van der Waals surface area contributed by atoms with Gasteiger partial charge in [0.25, 0.3) is 0 Å². The van der Waals surface area contributed by atoms with Gasteiger partial charge in [0.2, 0.25) is 5.91 Å². The first-order chi connectivity index (χ1) is 6.16. The molecule has 0 aromatic heterocycles. The summed E-state index contributed by atoms with van der Waals surface area (Å²) in [6, 6.07) is 0. The molecule has 0 aromatic rings. The smallest absolute Gasteiger partial charge is 0.234 e. The number of unbranched alkanes of at least 4 members (excludes halogenated alkanes) is 2. The van der Waals surface area contributed by atoms with Crippen LogP contribution >= 0.6 is 0 Å². The molecule has 0 bridgehead atoms. The van der Waals surface area contributed by atoms with E-state index in [9.17, 15) is 4.79 Å². The Bertz CT molecular complexity index is 138. The summed E-state index contributed by atoms with van der Waals surface area (Å²) in [5.41, 5.74) is 0. The van der Waals surface area contributed by atoms with Gasteiger partial charge in [-0.3, -0.25) is 4.79 Å². The number of aliphatic hydroxyl groups excluding tert-OH is 1. The highest BCUT2D eigenvalue weighted by Crippen LogP contribution is 1.91. The normalized spacial score (nSPS) is 10.5. The molecule has 0 saturated carbocycles. The zero-order valence-electron chi connectivity index (χ0n) is 8.55. The molecule has 0 spiro atoms. The van der Waals surface area contributed by atoms with Crippen molar-refractivity contribution in [1.29, 1.82) is 0 Å². The highest BCUT2D eigenvalue weighted by Gasteiger charge is 2.00. The van der Waals surface area contributed by atoms with Crippen LogP contribution in [-0.2, 0) is 4.79 Å². The number of carbonyl (C=O) groups is 1. The standard InChI is InChI=1S/C9H20N2O2/c1-11(2)8-9(13)10-6-4-3-5-7-12/h12H,3-8H2,1-2H3,(H,10,13). The minimum atomic E-state index is 0.0639. The molecule has 4 nitrogen and oxygen atoms in total. The van der Waals surface area contributed by atoms with Crippen molar-refractivity contribution in [3.63, 3.8) is 0 Å². The van der Waals surface area contributed by atoms with Crippen molar-refractivity contribution in [1.82, 2.24) is 10.2 Å². The van der Waals surface area contributed by atoms with Crippen molar-refractivity contribution >= 4 is 5.91 Å². The molecule has 13 heavy (non-hydrogen) atoms. The highest BCUT2D eigenvalue weighted by molar-refractivity contribution is 5.77. The van der Waals surface area contributed by atoms with Crippen LogP contribution in [0.3, 0.4) is 0 Å². The van der Waals surface area contributed by atoms with Gasteiger partial charge in [-0.25, -0.2) is 0 Å². The number of nitrogens with one attached hydrogen (secondary N) is 1. The molecule has 0 radical (unpaired) electrons. The third-order valence-corrected chi connectivity index (χ3v) is 1.62. The number of likely N-dealkylation sites (N-methyl/N-ethyl adjacent to an activating group) is 1. The summed E-state index contributed by atoms with van der Waals surface area (Å²) in [6.07, 6.45) is 2.74. The number of carbonyl (C=O) groups excluding carboxylic acids is 1. The summed E-state index contributed by atoms with van der Waals surface area (Å²) in [5, 5.41) is 11.3. The van der Waals surface area contributed by atoms with Gasteiger partial charge in [-0.1, -0.05) is 0 Å². The van der Waals surface area contributed by atoms with Gasteiger partial charge in [0.15, 0.2) is 0 Å². The molecule has 0 aliphatic heterocycles.